The van der Waals surface area contributed by atoms with Crippen molar-refractivity contribution in [2.75, 3.05) is 12.0 Å². The van der Waals surface area contributed by atoms with Crippen LogP contribution in [0.3, 0.4) is 0 Å². The largest absolute Gasteiger partial charge is 0.493 e. The van der Waals surface area contributed by atoms with Crippen molar-refractivity contribution in [2.45, 2.75) is 44.9 Å². The predicted molar refractivity (Wildman–Crippen MR) is 131 cm³/mol. The highest BCUT2D eigenvalue weighted by molar-refractivity contribution is 6.21. The van der Waals surface area contributed by atoms with Gasteiger partial charge in [-0.3, -0.25) is 24.3 Å². The summed E-state index contributed by atoms with van der Waals surface area (Å²) in [6, 6.07) is 12.6. The molecule has 0 unspecified atom stereocenters. The Bertz CT molecular complexity index is 1360. The van der Waals surface area contributed by atoms with Crippen molar-refractivity contribution in [3.8, 4) is 11.5 Å². The molecule has 2 aromatic carbocycles. The van der Waals surface area contributed by atoms with Gasteiger partial charge >= 0.3 is 0 Å². The normalized spacial score (nSPS) is 17.1. The Morgan fingerprint density at radius 1 is 0.889 bits per heavy atom. The van der Waals surface area contributed by atoms with E-state index in [9.17, 15) is 14.4 Å². The fourth-order valence-corrected chi connectivity index (χ4v) is 5.23. The molecule has 1 saturated carbocycles. The van der Waals surface area contributed by atoms with Gasteiger partial charge in [-0.05, 0) is 61.1 Å². The van der Waals surface area contributed by atoms with Gasteiger partial charge in [0.2, 0.25) is 0 Å². The number of carbonyl (C=O) groups is 3. The van der Waals surface area contributed by atoms with E-state index in [4.69, 9.17) is 9.47 Å². The number of anilines is 1. The number of pyridine rings is 1. The number of hydrogen-bond acceptors (Lipinski definition) is 6. The molecule has 1 fully saturated rings. The summed E-state index contributed by atoms with van der Waals surface area (Å²) in [4.78, 5) is 45.7. The molecule has 2 aliphatic heterocycles. The third-order valence-electron chi connectivity index (χ3n) is 7.15. The Morgan fingerprint density at radius 3 is 2.47 bits per heavy atom. The lowest BCUT2D eigenvalue weighted by Crippen LogP contribution is -2.29. The molecule has 3 amide bonds. The topological polar surface area (TPSA) is 89.0 Å². The van der Waals surface area contributed by atoms with Crippen LogP contribution in [0.2, 0.25) is 0 Å². The number of amides is 3. The first kappa shape index (κ1) is 22.3. The Hall–Kier alpha value is -4.20. The molecule has 0 bridgehead atoms. The molecule has 3 heterocycles. The van der Waals surface area contributed by atoms with Crippen LogP contribution in [0.4, 0.5) is 5.69 Å². The van der Waals surface area contributed by atoms with Crippen LogP contribution in [0, 0.1) is 0 Å². The lowest BCUT2D eigenvalue weighted by Gasteiger charge is -2.20. The maximum Gasteiger partial charge on any atom is 0.263 e. The van der Waals surface area contributed by atoms with Gasteiger partial charge in [0.25, 0.3) is 17.7 Å². The number of benzene rings is 2. The SMILES string of the molecule is COc1ccc(N2Cc3ccc(CN4C(=O)c5ccncc5C4=O)cc3C2=O)cc1OC1CCCC1. The van der Waals surface area contributed by atoms with Crippen LogP contribution in [-0.4, -0.2) is 40.8 Å². The van der Waals surface area contributed by atoms with Crippen molar-refractivity contribution in [1.29, 1.82) is 0 Å². The van der Waals surface area contributed by atoms with E-state index in [0.29, 0.717) is 40.3 Å². The molecule has 0 radical (unpaired) electrons. The molecule has 8 heteroatoms. The summed E-state index contributed by atoms with van der Waals surface area (Å²) < 4.78 is 11.7. The van der Waals surface area contributed by atoms with Crippen molar-refractivity contribution in [2.24, 2.45) is 0 Å². The Labute approximate surface area is 208 Å². The van der Waals surface area contributed by atoms with Crippen molar-refractivity contribution in [3.63, 3.8) is 0 Å². The summed E-state index contributed by atoms with van der Waals surface area (Å²) in [5.41, 5.74) is 3.57. The third-order valence-corrected chi connectivity index (χ3v) is 7.15. The number of carbonyl (C=O) groups excluding carboxylic acids is 3. The minimum atomic E-state index is -0.371. The molecule has 0 saturated heterocycles. The van der Waals surface area contributed by atoms with Gasteiger partial charge in [0.05, 0.1) is 37.4 Å². The zero-order valence-electron chi connectivity index (χ0n) is 19.9. The van der Waals surface area contributed by atoms with Gasteiger partial charge < -0.3 is 14.4 Å². The summed E-state index contributed by atoms with van der Waals surface area (Å²) in [5, 5.41) is 0. The van der Waals surface area contributed by atoms with E-state index in [1.54, 1.807) is 24.1 Å². The molecule has 182 valence electrons. The summed E-state index contributed by atoms with van der Waals surface area (Å²) in [5.74, 6) is 0.443. The second-order valence-electron chi connectivity index (χ2n) is 9.36. The van der Waals surface area contributed by atoms with E-state index >= 15 is 0 Å². The van der Waals surface area contributed by atoms with Crippen molar-refractivity contribution in [3.05, 3.63) is 82.7 Å². The Morgan fingerprint density at radius 2 is 1.69 bits per heavy atom. The number of ether oxygens (including phenoxy) is 2. The number of imide groups is 1. The molecule has 6 rings (SSSR count). The first-order valence-electron chi connectivity index (χ1n) is 12.1. The average Bonchev–Trinajstić information content (AvgIpc) is 3.59. The molecule has 0 spiro atoms. The second kappa shape index (κ2) is 8.78. The first-order chi connectivity index (χ1) is 17.5. The molecule has 8 nitrogen and oxygen atoms in total. The summed E-state index contributed by atoms with van der Waals surface area (Å²) in [6.45, 7) is 0.525. The van der Waals surface area contributed by atoms with E-state index in [0.717, 1.165) is 36.9 Å². The van der Waals surface area contributed by atoms with Gasteiger partial charge in [-0.1, -0.05) is 12.1 Å². The standard InChI is InChI=1S/C28H25N3O5/c1-35-24-9-8-19(13-25(24)36-20-4-2-3-5-20)30-16-18-7-6-17(12-22(18)27(30)33)15-31-26(32)21-10-11-29-14-23(21)28(31)34/h6-14,20H,2-5,15-16H2,1H3. The van der Waals surface area contributed by atoms with E-state index in [2.05, 4.69) is 4.98 Å². The predicted octanol–water partition coefficient (Wildman–Crippen LogP) is 4.37. The van der Waals surface area contributed by atoms with Crippen LogP contribution in [0.15, 0.2) is 54.9 Å². The smallest absolute Gasteiger partial charge is 0.263 e. The van der Waals surface area contributed by atoms with Crippen LogP contribution in [-0.2, 0) is 13.1 Å². The Kier molecular flexibility index (Phi) is 5.44. The van der Waals surface area contributed by atoms with Crippen molar-refractivity contribution in [1.82, 2.24) is 9.88 Å². The lowest BCUT2D eigenvalue weighted by atomic mass is 10.1. The fraction of sp³-hybridized carbons (Fsp3) is 0.286. The van der Waals surface area contributed by atoms with Gasteiger partial charge in [0, 0.05) is 29.7 Å². The molecule has 3 aliphatic rings. The van der Waals surface area contributed by atoms with Gasteiger partial charge in [0.1, 0.15) is 0 Å². The summed E-state index contributed by atoms with van der Waals surface area (Å²) in [6.07, 6.45) is 7.45. The van der Waals surface area contributed by atoms with E-state index in [1.165, 1.54) is 17.3 Å². The van der Waals surface area contributed by atoms with E-state index < -0.39 is 0 Å². The van der Waals surface area contributed by atoms with Crippen LogP contribution in [0.25, 0.3) is 0 Å². The summed E-state index contributed by atoms with van der Waals surface area (Å²) >= 11 is 0. The van der Waals surface area contributed by atoms with Crippen LogP contribution in [0.1, 0.15) is 67.9 Å². The maximum atomic E-state index is 13.4. The van der Waals surface area contributed by atoms with E-state index in [-0.39, 0.29) is 30.4 Å². The highest BCUT2D eigenvalue weighted by atomic mass is 16.5. The molecular weight excluding hydrogens is 458 g/mol. The number of hydrogen-bond donors (Lipinski definition) is 0. The van der Waals surface area contributed by atoms with E-state index in [1.807, 2.05) is 30.3 Å². The number of rotatable bonds is 6. The van der Waals surface area contributed by atoms with Crippen LogP contribution >= 0.6 is 0 Å². The van der Waals surface area contributed by atoms with Gasteiger partial charge in [0.15, 0.2) is 11.5 Å². The molecule has 1 aliphatic carbocycles. The van der Waals surface area contributed by atoms with Gasteiger partial charge in [-0.2, -0.15) is 0 Å². The first-order valence-corrected chi connectivity index (χ1v) is 12.1. The molecule has 3 aromatic rings. The average molecular weight is 484 g/mol. The van der Waals surface area contributed by atoms with Gasteiger partial charge in [-0.25, -0.2) is 0 Å². The number of fused-ring (bicyclic) bond motifs is 2. The monoisotopic (exact) mass is 483 g/mol. The fourth-order valence-electron chi connectivity index (χ4n) is 5.23. The molecule has 1 aromatic heterocycles. The minimum absolute atomic E-state index is 0.0921. The molecule has 0 atom stereocenters. The number of methoxy groups -OCH3 is 1. The highest BCUT2D eigenvalue weighted by Gasteiger charge is 2.36. The number of aromatic nitrogens is 1. The van der Waals surface area contributed by atoms with Crippen LogP contribution in [0.5, 0.6) is 11.5 Å². The number of nitrogens with zero attached hydrogens (tertiary/aromatic N) is 3. The Balaban J connectivity index is 1.23. The molecular formula is C28H25N3O5. The minimum Gasteiger partial charge on any atom is -0.493 e. The van der Waals surface area contributed by atoms with Gasteiger partial charge in [-0.15, -0.1) is 0 Å². The third kappa shape index (κ3) is 3.69. The zero-order valence-corrected chi connectivity index (χ0v) is 19.9. The van der Waals surface area contributed by atoms with Crippen LogP contribution < -0.4 is 14.4 Å². The molecule has 0 N–H and O–H groups in total. The maximum absolute atomic E-state index is 13.4. The van der Waals surface area contributed by atoms with Crippen molar-refractivity contribution < 1.29 is 23.9 Å². The second-order valence-corrected chi connectivity index (χ2v) is 9.36. The highest BCUT2D eigenvalue weighted by Crippen LogP contribution is 2.38. The lowest BCUT2D eigenvalue weighted by molar-refractivity contribution is 0.0642. The molecule has 36 heavy (non-hydrogen) atoms. The quantitative estimate of drug-likeness (QED) is 0.484. The van der Waals surface area contributed by atoms with Crippen molar-refractivity contribution >= 4 is 23.4 Å². The summed E-state index contributed by atoms with van der Waals surface area (Å²) in [7, 11) is 1.61. The zero-order chi connectivity index (χ0) is 24.8.